The monoisotopic (exact) mass is 466 g/mol. The molecule has 0 spiro atoms. The molecule has 1 unspecified atom stereocenters. The number of hydrogen-bond donors (Lipinski definition) is 0. The van der Waals surface area contributed by atoms with Gasteiger partial charge in [-0.2, -0.15) is 0 Å². The van der Waals surface area contributed by atoms with Crippen LogP contribution in [0.3, 0.4) is 0 Å². The number of non-ortho nitro benzene ring substituents is 1. The van der Waals surface area contributed by atoms with E-state index in [0.717, 1.165) is 28.0 Å². The van der Waals surface area contributed by atoms with Gasteiger partial charge in [-0.3, -0.25) is 34.5 Å². The number of barbiturate groups is 1. The van der Waals surface area contributed by atoms with Crippen molar-refractivity contribution < 1.29 is 24.0 Å². The number of benzene rings is 2. The molecular formula is C24H26N4O6. The molecule has 1 saturated heterocycles. The second kappa shape index (κ2) is 11.2. The molecule has 3 rings (SSSR count). The van der Waals surface area contributed by atoms with Crippen molar-refractivity contribution in [3.63, 3.8) is 0 Å². The van der Waals surface area contributed by atoms with Crippen molar-refractivity contribution in [2.45, 2.75) is 26.2 Å². The molecule has 1 heterocycles. The molecule has 1 atom stereocenters. The minimum Gasteiger partial charge on any atom is -0.494 e. The number of rotatable bonds is 10. The van der Waals surface area contributed by atoms with E-state index in [9.17, 15) is 24.5 Å². The maximum atomic E-state index is 13.2. The minimum absolute atomic E-state index is 0.102. The molecule has 1 aliphatic rings. The van der Waals surface area contributed by atoms with Crippen LogP contribution < -0.4 is 4.74 Å². The van der Waals surface area contributed by atoms with Gasteiger partial charge in [0.2, 0.25) is 11.8 Å². The van der Waals surface area contributed by atoms with E-state index in [1.165, 1.54) is 25.3 Å². The van der Waals surface area contributed by atoms with Crippen molar-refractivity contribution >= 4 is 35.4 Å². The van der Waals surface area contributed by atoms with E-state index in [1.54, 1.807) is 0 Å². The normalized spacial score (nSPS) is 16.4. The number of nitro groups is 1. The van der Waals surface area contributed by atoms with Gasteiger partial charge in [0, 0.05) is 31.4 Å². The molecule has 4 amide bonds. The molecular weight excluding hydrogens is 440 g/mol. The third kappa shape index (κ3) is 5.45. The van der Waals surface area contributed by atoms with Gasteiger partial charge in [-0.25, -0.2) is 4.79 Å². The summed E-state index contributed by atoms with van der Waals surface area (Å²) in [7, 11) is 1.38. The lowest BCUT2D eigenvalue weighted by atomic mass is 10.0. The number of imide groups is 2. The number of urea groups is 1. The summed E-state index contributed by atoms with van der Waals surface area (Å²) in [5, 5.41) is 11.1. The first kappa shape index (κ1) is 24.6. The Bertz CT molecular complexity index is 1100. The van der Waals surface area contributed by atoms with E-state index < -0.39 is 28.7 Å². The number of aliphatic imine (C=N–C) groups is 1. The van der Waals surface area contributed by atoms with Gasteiger partial charge in [-0.15, -0.1) is 0 Å². The molecule has 1 aliphatic heterocycles. The topological polar surface area (TPSA) is 122 Å². The molecule has 0 N–H and O–H groups in total. The molecule has 10 nitrogen and oxygen atoms in total. The minimum atomic E-state index is -1.32. The van der Waals surface area contributed by atoms with Gasteiger partial charge in [0.25, 0.3) is 5.69 Å². The van der Waals surface area contributed by atoms with Crippen LogP contribution in [-0.4, -0.2) is 59.0 Å². The number of ether oxygens (including phenoxy) is 1. The zero-order chi connectivity index (χ0) is 24.7. The molecule has 0 bridgehead atoms. The summed E-state index contributed by atoms with van der Waals surface area (Å²) < 4.78 is 5.19. The molecule has 10 heteroatoms. The van der Waals surface area contributed by atoms with Gasteiger partial charge in [0.1, 0.15) is 11.4 Å². The van der Waals surface area contributed by atoms with Crippen molar-refractivity contribution in [2.75, 3.05) is 20.2 Å². The fourth-order valence-corrected chi connectivity index (χ4v) is 3.56. The van der Waals surface area contributed by atoms with Crippen LogP contribution >= 0.6 is 0 Å². The predicted octanol–water partition coefficient (Wildman–Crippen LogP) is 3.76. The Morgan fingerprint density at radius 2 is 1.74 bits per heavy atom. The molecule has 34 heavy (non-hydrogen) atoms. The fraction of sp³-hybridized carbons (Fsp3) is 0.333. The van der Waals surface area contributed by atoms with E-state index in [2.05, 4.69) is 4.99 Å². The Balaban J connectivity index is 1.90. The van der Waals surface area contributed by atoms with Gasteiger partial charge < -0.3 is 4.74 Å². The smallest absolute Gasteiger partial charge is 0.333 e. The average molecular weight is 466 g/mol. The van der Waals surface area contributed by atoms with Crippen LogP contribution in [0.25, 0.3) is 0 Å². The first-order chi connectivity index (χ1) is 16.4. The van der Waals surface area contributed by atoms with Gasteiger partial charge in [-0.1, -0.05) is 43.7 Å². The predicted molar refractivity (Wildman–Crippen MR) is 125 cm³/mol. The van der Waals surface area contributed by atoms with Crippen molar-refractivity contribution in [3.05, 3.63) is 64.2 Å². The molecule has 0 aromatic heterocycles. The lowest BCUT2D eigenvalue weighted by molar-refractivity contribution is -0.384. The summed E-state index contributed by atoms with van der Waals surface area (Å²) in [6.45, 7) is 2.24. The highest BCUT2D eigenvalue weighted by Crippen LogP contribution is 2.31. The summed E-state index contributed by atoms with van der Waals surface area (Å²) >= 11 is 0. The lowest BCUT2D eigenvalue weighted by Gasteiger charge is -2.35. The Kier molecular flexibility index (Phi) is 8.07. The van der Waals surface area contributed by atoms with Crippen LogP contribution in [0.15, 0.2) is 53.5 Å². The van der Waals surface area contributed by atoms with Crippen molar-refractivity contribution in [1.82, 2.24) is 9.80 Å². The number of hydrogen-bond acceptors (Lipinski definition) is 7. The molecule has 2 aromatic rings. The van der Waals surface area contributed by atoms with E-state index in [0.29, 0.717) is 12.8 Å². The number of nitrogens with zero attached hydrogens (tertiary/aromatic N) is 4. The van der Waals surface area contributed by atoms with Gasteiger partial charge in [0.15, 0.2) is 5.92 Å². The molecule has 2 aromatic carbocycles. The zero-order valence-corrected chi connectivity index (χ0v) is 19.0. The molecule has 1 fully saturated rings. The summed E-state index contributed by atoms with van der Waals surface area (Å²) in [5.74, 6) is -2.41. The highest BCUT2D eigenvalue weighted by Gasteiger charge is 2.44. The highest BCUT2D eigenvalue weighted by molar-refractivity contribution is 6.23. The van der Waals surface area contributed by atoms with Crippen LogP contribution in [0.4, 0.5) is 16.2 Å². The second-order valence-electron chi connectivity index (χ2n) is 7.72. The maximum Gasteiger partial charge on any atom is 0.333 e. The quantitative estimate of drug-likeness (QED) is 0.227. The first-order valence-electron chi connectivity index (χ1n) is 10.9. The average Bonchev–Trinajstić information content (AvgIpc) is 2.84. The number of amides is 4. The SMILES string of the molecule is CCCCN1C(=O)C(C=Nc2cc([N+](=O)[O-])ccc2OC)C(=O)N(CCc2ccccc2)C1=O. The Hall–Kier alpha value is -4.08. The van der Waals surface area contributed by atoms with Crippen LogP contribution in [-0.2, 0) is 16.0 Å². The summed E-state index contributed by atoms with van der Waals surface area (Å²) in [5.41, 5.74) is 0.843. The van der Waals surface area contributed by atoms with Crippen LogP contribution in [0.5, 0.6) is 5.75 Å². The molecule has 178 valence electrons. The van der Waals surface area contributed by atoms with Crippen molar-refractivity contribution in [1.29, 1.82) is 0 Å². The van der Waals surface area contributed by atoms with E-state index in [4.69, 9.17) is 4.74 Å². The third-order valence-corrected chi connectivity index (χ3v) is 5.46. The Morgan fingerprint density at radius 3 is 2.35 bits per heavy atom. The number of nitro benzene ring substituents is 1. The van der Waals surface area contributed by atoms with E-state index in [1.807, 2.05) is 37.3 Å². The summed E-state index contributed by atoms with van der Waals surface area (Å²) in [4.78, 5) is 56.1. The number of carbonyl (C=O) groups is 3. The molecule has 0 saturated carbocycles. The van der Waals surface area contributed by atoms with E-state index >= 15 is 0 Å². The lowest BCUT2D eigenvalue weighted by Crippen LogP contribution is -2.60. The Morgan fingerprint density at radius 1 is 1.06 bits per heavy atom. The standard InChI is InChI=1S/C24H26N4O6/c1-3-4-13-26-22(29)19(16-25-20-15-18(28(32)33)10-11-21(20)34-2)23(30)27(24(26)31)14-12-17-8-6-5-7-9-17/h5-11,15-16,19H,3-4,12-14H2,1-2H3. The number of methoxy groups -OCH3 is 1. The Labute approximate surface area is 197 Å². The maximum absolute atomic E-state index is 13.2. The molecule has 0 radical (unpaired) electrons. The van der Waals surface area contributed by atoms with Gasteiger partial charge >= 0.3 is 6.03 Å². The van der Waals surface area contributed by atoms with Gasteiger partial charge in [0.05, 0.1) is 12.0 Å². The summed E-state index contributed by atoms with van der Waals surface area (Å²) in [6, 6.07) is 12.6. The number of carbonyl (C=O) groups excluding carboxylic acids is 3. The number of unbranched alkanes of at least 4 members (excludes halogenated alkanes) is 1. The van der Waals surface area contributed by atoms with E-state index in [-0.39, 0.29) is 30.2 Å². The van der Waals surface area contributed by atoms with Gasteiger partial charge in [-0.05, 0) is 24.5 Å². The zero-order valence-electron chi connectivity index (χ0n) is 19.0. The molecule has 0 aliphatic carbocycles. The van der Waals surface area contributed by atoms with Crippen LogP contribution in [0.1, 0.15) is 25.3 Å². The first-order valence-corrected chi connectivity index (χ1v) is 10.9. The largest absolute Gasteiger partial charge is 0.494 e. The third-order valence-electron chi connectivity index (χ3n) is 5.46. The van der Waals surface area contributed by atoms with Crippen molar-refractivity contribution in [3.8, 4) is 5.75 Å². The van der Waals surface area contributed by atoms with Crippen LogP contribution in [0.2, 0.25) is 0 Å². The highest BCUT2D eigenvalue weighted by atomic mass is 16.6. The van der Waals surface area contributed by atoms with Crippen LogP contribution in [0, 0.1) is 16.0 Å². The fourth-order valence-electron chi connectivity index (χ4n) is 3.56. The summed E-state index contributed by atoms with van der Waals surface area (Å²) in [6.07, 6.45) is 2.93. The second-order valence-corrected chi connectivity index (χ2v) is 7.72. The van der Waals surface area contributed by atoms with Crippen molar-refractivity contribution in [2.24, 2.45) is 10.9 Å².